The Hall–Kier alpha value is -2.84. The quantitative estimate of drug-likeness (QED) is 0.459. The molecule has 3 heterocycles. The number of aromatic nitrogens is 4. The molecular formula is C21H23FN6S. The Morgan fingerprint density at radius 2 is 1.72 bits per heavy atom. The Morgan fingerprint density at radius 3 is 2.38 bits per heavy atom. The van der Waals surface area contributed by atoms with Gasteiger partial charge in [0.1, 0.15) is 5.82 Å². The Kier molecular flexibility index (Phi) is 5.82. The Morgan fingerprint density at radius 1 is 1.03 bits per heavy atom. The highest BCUT2D eigenvalue weighted by molar-refractivity contribution is 7.71. The summed E-state index contributed by atoms with van der Waals surface area (Å²) in [4.78, 5) is 8.79. The Labute approximate surface area is 174 Å². The highest BCUT2D eigenvalue weighted by Crippen LogP contribution is 2.20. The summed E-state index contributed by atoms with van der Waals surface area (Å²) in [7, 11) is 0. The zero-order chi connectivity index (χ0) is 20.2. The molecule has 1 saturated heterocycles. The van der Waals surface area contributed by atoms with E-state index in [1.165, 1.54) is 17.8 Å². The molecule has 1 aliphatic rings. The van der Waals surface area contributed by atoms with Gasteiger partial charge in [0, 0.05) is 56.4 Å². The molecule has 1 aliphatic heterocycles. The van der Waals surface area contributed by atoms with Crippen LogP contribution in [0.4, 0.5) is 10.1 Å². The first-order chi connectivity index (χ1) is 14.2. The fourth-order valence-electron chi connectivity index (χ4n) is 3.53. The minimum atomic E-state index is -0.269. The lowest BCUT2D eigenvalue weighted by Gasteiger charge is -2.35. The second-order valence-electron chi connectivity index (χ2n) is 6.96. The molecule has 0 atom stereocenters. The van der Waals surface area contributed by atoms with Crippen LogP contribution < -0.4 is 4.90 Å². The maximum Gasteiger partial charge on any atom is 0.199 e. The van der Waals surface area contributed by atoms with Crippen molar-refractivity contribution in [2.24, 2.45) is 0 Å². The van der Waals surface area contributed by atoms with E-state index in [0.717, 1.165) is 37.6 Å². The van der Waals surface area contributed by atoms with Gasteiger partial charge in [0.2, 0.25) is 0 Å². The maximum absolute atomic E-state index is 13.3. The smallest absolute Gasteiger partial charge is 0.199 e. The summed E-state index contributed by atoms with van der Waals surface area (Å²) in [5.41, 5.74) is 2.03. The van der Waals surface area contributed by atoms with Crippen molar-refractivity contribution in [1.82, 2.24) is 24.2 Å². The molecular weight excluding hydrogens is 387 g/mol. The van der Waals surface area contributed by atoms with E-state index in [0.29, 0.717) is 18.0 Å². The number of allylic oxidation sites excluding steroid dienone is 1. The lowest BCUT2D eigenvalue weighted by molar-refractivity contribution is 0.194. The number of anilines is 1. The number of nitrogens with zero attached hydrogens (tertiary/aromatic N) is 6. The molecule has 0 spiro atoms. The molecule has 0 N–H and O–H groups in total. The number of hydrogen-bond donors (Lipinski definition) is 0. The minimum Gasteiger partial charge on any atom is -0.369 e. The molecule has 0 radical (unpaired) electrons. The molecule has 6 nitrogen and oxygen atoms in total. The second kappa shape index (κ2) is 8.67. The molecule has 0 aliphatic carbocycles. The first-order valence-electron chi connectivity index (χ1n) is 9.57. The number of hydrogen-bond acceptors (Lipinski definition) is 5. The summed E-state index contributed by atoms with van der Waals surface area (Å²) >= 11 is 5.67. The van der Waals surface area contributed by atoms with Crippen LogP contribution in [-0.4, -0.2) is 50.4 Å². The molecule has 0 saturated carbocycles. The molecule has 29 heavy (non-hydrogen) atoms. The van der Waals surface area contributed by atoms with Crippen molar-refractivity contribution < 1.29 is 4.39 Å². The molecule has 0 unspecified atom stereocenters. The van der Waals surface area contributed by atoms with Crippen LogP contribution in [0.2, 0.25) is 0 Å². The largest absolute Gasteiger partial charge is 0.369 e. The molecule has 0 bridgehead atoms. The van der Waals surface area contributed by atoms with Crippen molar-refractivity contribution in [3.63, 3.8) is 0 Å². The summed E-state index contributed by atoms with van der Waals surface area (Å²) in [5.74, 6) is 0.458. The van der Waals surface area contributed by atoms with E-state index in [1.807, 2.05) is 33.8 Å². The molecule has 0 amide bonds. The minimum absolute atomic E-state index is 0.269. The molecule has 3 aromatic rings. The zero-order valence-corrected chi connectivity index (χ0v) is 16.9. The van der Waals surface area contributed by atoms with Crippen LogP contribution in [0.25, 0.3) is 11.4 Å². The number of pyridine rings is 1. The van der Waals surface area contributed by atoms with Gasteiger partial charge in [-0.15, -0.1) is 6.58 Å². The lowest BCUT2D eigenvalue weighted by atomic mass is 10.2. The van der Waals surface area contributed by atoms with Gasteiger partial charge in [-0.25, -0.2) is 9.07 Å². The van der Waals surface area contributed by atoms with Crippen LogP contribution >= 0.6 is 12.2 Å². The topological polar surface area (TPSA) is 42.1 Å². The van der Waals surface area contributed by atoms with E-state index in [9.17, 15) is 4.39 Å². The van der Waals surface area contributed by atoms with E-state index >= 15 is 0 Å². The average molecular weight is 411 g/mol. The Bertz CT molecular complexity index is 1020. The van der Waals surface area contributed by atoms with Gasteiger partial charge in [0.05, 0.1) is 6.67 Å². The zero-order valence-electron chi connectivity index (χ0n) is 16.1. The van der Waals surface area contributed by atoms with Crippen LogP contribution in [0.1, 0.15) is 0 Å². The first kappa shape index (κ1) is 19.5. The van der Waals surface area contributed by atoms with Gasteiger partial charge < -0.3 is 4.90 Å². The van der Waals surface area contributed by atoms with Crippen LogP contribution in [0.3, 0.4) is 0 Å². The number of halogens is 1. The highest BCUT2D eigenvalue weighted by Gasteiger charge is 2.19. The van der Waals surface area contributed by atoms with Crippen molar-refractivity contribution >= 4 is 17.9 Å². The van der Waals surface area contributed by atoms with E-state index in [2.05, 4.69) is 21.4 Å². The third kappa shape index (κ3) is 4.28. The standard InChI is InChI=1S/C21H23FN6S/c1-2-11-27-20(17-3-5-18(22)6-4-17)24-28(21(27)29)16-25-12-14-26(15-13-25)19-7-9-23-10-8-19/h2-10H,1,11-16H2. The van der Waals surface area contributed by atoms with Gasteiger partial charge in [-0.05, 0) is 48.6 Å². The van der Waals surface area contributed by atoms with Gasteiger partial charge in [-0.3, -0.25) is 14.5 Å². The van der Waals surface area contributed by atoms with E-state index < -0.39 is 0 Å². The fraction of sp³-hybridized carbons (Fsp3) is 0.286. The van der Waals surface area contributed by atoms with Gasteiger partial charge in [-0.2, -0.15) is 5.10 Å². The summed E-state index contributed by atoms with van der Waals surface area (Å²) < 4.78 is 17.7. The average Bonchev–Trinajstić information content (AvgIpc) is 3.06. The van der Waals surface area contributed by atoms with Crippen molar-refractivity contribution in [2.75, 3.05) is 31.1 Å². The van der Waals surface area contributed by atoms with Crippen molar-refractivity contribution in [3.8, 4) is 11.4 Å². The predicted molar refractivity (Wildman–Crippen MR) is 115 cm³/mol. The normalized spacial score (nSPS) is 14.9. The van der Waals surface area contributed by atoms with Crippen LogP contribution in [0.15, 0.2) is 61.4 Å². The van der Waals surface area contributed by atoms with Crippen LogP contribution in [0, 0.1) is 10.6 Å². The monoisotopic (exact) mass is 410 g/mol. The van der Waals surface area contributed by atoms with Crippen LogP contribution in [0.5, 0.6) is 0 Å². The third-order valence-corrected chi connectivity index (χ3v) is 5.50. The fourth-order valence-corrected chi connectivity index (χ4v) is 3.79. The van der Waals surface area contributed by atoms with Gasteiger partial charge in [-0.1, -0.05) is 6.08 Å². The van der Waals surface area contributed by atoms with Crippen molar-refractivity contribution in [2.45, 2.75) is 13.2 Å². The summed E-state index contributed by atoms with van der Waals surface area (Å²) in [6.45, 7) is 8.73. The summed E-state index contributed by atoms with van der Waals surface area (Å²) in [6, 6.07) is 10.4. The predicted octanol–water partition coefficient (Wildman–Crippen LogP) is 3.58. The molecule has 2 aromatic heterocycles. The van der Waals surface area contributed by atoms with Gasteiger partial charge in [0.15, 0.2) is 10.6 Å². The van der Waals surface area contributed by atoms with Crippen molar-refractivity contribution in [3.05, 3.63) is 72.0 Å². The molecule has 150 valence electrons. The maximum atomic E-state index is 13.3. The molecule has 4 rings (SSSR count). The molecule has 1 aromatic carbocycles. The lowest BCUT2D eigenvalue weighted by Crippen LogP contribution is -2.47. The summed E-state index contributed by atoms with van der Waals surface area (Å²) in [5, 5.41) is 4.74. The number of piperazine rings is 1. The SMILES string of the molecule is C=CCn1c(-c2ccc(F)cc2)nn(CN2CCN(c3ccncc3)CC2)c1=S. The molecule has 1 fully saturated rings. The highest BCUT2D eigenvalue weighted by atomic mass is 32.1. The second-order valence-corrected chi connectivity index (χ2v) is 7.33. The Balaban J connectivity index is 1.51. The van der Waals surface area contributed by atoms with E-state index in [1.54, 1.807) is 18.2 Å². The van der Waals surface area contributed by atoms with E-state index in [4.69, 9.17) is 17.3 Å². The summed E-state index contributed by atoms with van der Waals surface area (Å²) in [6.07, 6.45) is 5.44. The van der Waals surface area contributed by atoms with E-state index in [-0.39, 0.29) is 5.82 Å². The van der Waals surface area contributed by atoms with Crippen molar-refractivity contribution in [1.29, 1.82) is 0 Å². The first-order valence-corrected chi connectivity index (χ1v) is 9.98. The number of benzene rings is 1. The van der Waals surface area contributed by atoms with Crippen LogP contribution in [-0.2, 0) is 13.2 Å². The molecule has 8 heteroatoms. The number of rotatable bonds is 6. The van der Waals surface area contributed by atoms with Gasteiger partial charge >= 0.3 is 0 Å². The van der Waals surface area contributed by atoms with Gasteiger partial charge in [0.25, 0.3) is 0 Å². The third-order valence-electron chi connectivity index (χ3n) is 5.07.